The van der Waals surface area contributed by atoms with E-state index in [-0.39, 0.29) is 0 Å². The molecule has 7 rings (SSSR count). The summed E-state index contributed by atoms with van der Waals surface area (Å²) in [6, 6.07) is 32.9. The molecule has 7 heteroatoms. The van der Waals surface area contributed by atoms with Crippen molar-refractivity contribution in [2.75, 3.05) is 19.6 Å². The van der Waals surface area contributed by atoms with Gasteiger partial charge < -0.3 is 9.32 Å². The van der Waals surface area contributed by atoms with Gasteiger partial charge in [0.1, 0.15) is 0 Å². The Balaban J connectivity index is 1.07. The summed E-state index contributed by atoms with van der Waals surface area (Å²) in [6.07, 6.45) is 5.76. The summed E-state index contributed by atoms with van der Waals surface area (Å²) in [5.41, 5.74) is 7.16. The molecule has 0 saturated carbocycles. The lowest BCUT2D eigenvalue weighted by atomic mass is 10.1. The summed E-state index contributed by atoms with van der Waals surface area (Å²) in [5, 5.41) is 13.4. The first-order chi connectivity index (χ1) is 20.3. The molecule has 0 atom stereocenters. The molecule has 1 saturated heterocycles. The third kappa shape index (κ3) is 5.67. The molecule has 7 nitrogen and oxygen atoms in total. The number of pyridine rings is 1. The van der Waals surface area contributed by atoms with E-state index in [9.17, 15) is 0 Å². The van der Waals surface area contributed by atoms with E-state index in [1.807, 2.05) is 59.1 Å². The Labute approximate surface area is 239 Å². The Hall–Kier alpha value is -4.62. The summed E-state index contributed by atoms with van der Waals surface area (Å²) >= 11 is 0. The first-order valence-electron chi connectivity index (χ1n) is 14.4. The molecule has 6 aromatic rings. The maximum atomic E-state index is 6.00. The van der Waals surface area contributed by atoms with Gasteiger partial charge >= 0.3 is 0 Å². The maximum Gasteiger partial charge on any atom is 0.248 e. The van der Waals surface area contributed by atoms with Crippen molar-refractivity contribution in [3.8, 4) is 34.2 Å². The van der Waals surface area contributed by atoms with E-state index in [1.54, 1.807) is 0 Å². The number of hydrogen-bond acceptors (Lipinski definition) is 6. The quantitative estimate of drug-likeness (QED) is 0.202. The molecule has 0 amide bonds. The van der Waals surface area contributed by atoms with Crippen molar-refractivity contribution in [1.82, 2.24) is 29.7 Å². The molecule has 3 aromatic heterocycles. The molecule has 1 aliphatic rings. The van der Waals surface area contributed by atoms with E-state index in [0.29, 0.717) is 18.2 Å². The molecule has 0 aliphatic carbocycles. The lowest BCUT2D eigenvalue weighted by Gasteiger charge is -2.13. The summed E-state index contributed by atoms with van der Waals surface area (Å²) < 4.78 is 7.92. The largest absolute Gasteiger partial charge is 0.416 e. The number of benzene rings is 3. The molecule has 0 unspecified atom stereocenters. The molecule has 4 heterocycles. The van der Waals surface area contributed by atoms with Crippen molar-refractivity contribution in [3.05, 3.63) is 114 Å². The smallest absolute Gasteiger partial charge is 0.248 e. The van der Waals surface area contributed by atoms with Gasteiger partial charge in [-0.2, -0.15) is 5.10 Å². The number of fused-ring (bicyclic) bond motifs is 1. The van der Waals surface area contributed by atoms with Gasteiger partial charge in [-0.1, -0.05) is 60.7 Å². The number of likely N-dealkylation sites (tertiary alicyclic amines) is 1. The fourth-order valence-corrected chi connectivity index (χ4v) is 5.61. The van der Waals surface area contributed by atoms with Gasteiger partial charge in [-0.25, -0.2) is 9.50 Å². The van der Waals surface area contributed by atoms with Crippen LogP contribution >= 0.6 is 0 Å². The van der Waals surface area contributed by atoms with Crippen LogP contribution in [0.2, 0.25) is 0 Å². The van der Waals surface area contributed by atoms with E-state index >= 15 is 0 Å². The number of rotatable bonds is 9. The third-order valence-corrected chi connectivity index (χ3v) is 7.78. The Bertz CT molecular complexity index is 1750. The van der Waals surface area contributed by atoms with Crippen LogP contribution in [0.15, 0.2) is 101 Å². The zero-order valence-corrected chi connectivity index (χ0v) is 23.0. The molecule has 0 N–H and O–H groups in total. The van der Waals surface area contributed by atoms with Crippen LogP contribution in [0, 0.1) is 0 Å². The van der Waals surface area contributed by atoms with Gasteiger partial charge in [0, 0.05) is 23.1 Å². The lowest BCUT2D eigenvalue weighted by Crippen LogP contribution is -2.20. The van der Waals surface area contributed by atoms with Gasteiger partial charge in [0.25, 0.3) is 0 Å². The van der Waals surface area contributed by atoms with E-state index < -0.39 is 0 Å². The first kappa shape index (κ1) is 25.4. The Morgan fingerprint density at radius 1 is 0.683 bits per heavy atom. The Morgan fingerprint density at radius 3 is 2.22 bits per heavy atom. The van der Waals surface area contributed by atoms with Crippen LogP contribution in [0.5, 0.6) is 0 Å². The molecule has 1 fully saturated rings. The predicted molar refractivity (Wildman–Crippen MR) is 160 cm³/mol. The molecule has 1 aliphatic heterocycles. The van der Waals surface area contributed by atoms with E-state index in [2.05, 4.69) is 57.6 Å². The van der Waals surface area contributed by atoms with Crippen molar-refractivity contribution in [3.63, 3.8) is 0 Å². The zero-order chi connectivity index (χ0) is 27.4. The summed E-state index contributed by atoms with van der Waals surface area (Å²) in [4.78, 5) is 7.42. The van der Waals surface area contributed by atoms with E-state index in [4.69, 9.17) is 14.5 Å². The van der Waals surface area contributed by atoms with Gasteiger partial charge in [-0.3, -0.25) is 0 Å². The van der Waals surface area contributed by atoms with Crippen LogP contribution in [0.4, 0.5) is 0 Å². The molecule has 41 heavy (non-hydrogen) atoms. The fourth-order valence-electron chi connectivity index (χ4n) is 5.61. The first-order valence-corrected chi connectivity index (χ1v) is 14.4. The van der Waals surface area contributed by atoms with Crippen LogP contribution in [0.3, 0.4) is 0 Å². The minimum Gasteiger partial charge on any atom is -0.416 e. The maximum absolute atomic E-state index is 6.00. The van der Waals surface area contributed by atoms with Crippen molar-refractivity contribution < 1.29 is 4.42 Å². The van der Waals surface area contributed by atoms with Gasteiger partial charge in [0.15, 0.2) is 11.5 Å². The molecule has 204 valence electrons. The second-order valence-electron chi connectivity index (χ2n) is 10.7. The summed E-state index contributed by atoms with van der Waals surface area (Å²) in [5.74, 6) is 1.79. The van der Waals surface area contributed by atoms with Crippen molar-refractivity contribution >= 4 is 5.65 Å². The highest BCUT2D eigenvalue weighted by Gasteiger charge is 2.14. The average molecular weight is 541 g/mol. The predicted octanol–water partition coefficient (Wildman–Crippen LogP) is 6.73. The lowest BCUT2D eigenvalue weighted by molar-refractivity contribution is 0.334. The minimum absolute atomic E-state index is 0.483. The molecule has 0 spiro atoms. The van der Waals surface area contributed by atoms with Crippen LogP contribution in [-0.2, 0) is 12.8 Å². The van der Waals surface area contributed by atoms with Gasteiger partial charge in [-0.05, 0) is 92.8 Å². The number of aromatic nitrogens is 5. The second kappa shape index (κ2) is 11.5. The second-order valence-corrected chi connectivity index (χ2v) is 10.7. The van der Waals surface area contributed by atoms with Gasteiger partial charge in [0.05, 0.1) is 5.69 Å². The molecular weight excluding hydrogens is 508 g/mol. The fraction of sp³-hybridized carbons (Fsp3) is 0.235. The van der Waals surface area contributed by atoms with Crippen molar-refractivity contribution in [1.29, 1.82) is 0 Å². The van der Waals surface area contributed by atoms with E-state index in [0.717, 1.165) is 40.3 Å². The van der Waals surface area contributed by atoms with Crippen molar-refractivity contribution in [2.24, 2.45) is 0 Å². The van der Waals surface area contributed by atoms with Crippen LogP contribution < -0.4 is 0 Å². The highest BCUT2D eigenvalue weighted by molar-refractivity contribution is 5.69. The highest BCUT2D eigenvalue weighted by Crippen LogP contribution is 2.28. The van der Waals surface area contributed by atoms with Gasteiger partial charge in [0.2, 0.25) is 11.8 Å². The molecular formula is C34H32N6O. The highest BCUT2D eigenvalue weighted by atomic mass is 16.4. The standard InChI is InChI=1S/C34H32N6O/c1-2-10-27(11-3-1)33-36-37-34(41-33)29-13-6-12-28(24-29)30-14-7-15-32-35-31(38-40(30)32)23-26-18-16-25(17-19-26)9-8-22-39-20-4-5-21-39/h1-3,6-7,10-19,24H,4-5,8-9,20-23H2. The summed E-state index contributed by atoms with van der Waals surface area (Å²) in [7, 11) is 0. The summed E-state index contributed by atoms with van der Waals surface area (Å²) in [6.45, 7) is 3.75. The molecule has 0 radical (unpaired) electrons. The minimum atomic E-state index is 0.483. The zero-order valence-electron chi connectivity index (χ0n) is 23.0. The van der Waals surface area contributed by atoms with Gasteiger partial charge in [-0.15, -0.1) is 10.2 Å². The average Bonchev–Trinajstić information content (AvgIpc) is 3.80. The van der Waals surface area contributed by atoms with Crippen LogP contribution in [0.25, 0.3) is 39.8 Å². The number of hydrogen-bond donors (Lipinski definition) is 0. The monoisotopic (exact) mass is 540 g/mol. The third-order valence-electron chi connectivity index (χ3n) is 7.78. The van der Waals surface area contributed by atoms with Crippen molar-refractivity contribution in [2.45, 2.75) is 32.1 Å². The SMILES string of the molecule is c1ccc(-c2nnc(-c3cccc(-c4cccc5nc(Cc6ccc(CCCN7CCCC7)cc6)nn45)c3)o2)cc1. The number of nitrogens with zero attached hydrogens (tertiary/aromatic N) is 6. The van der Waals surface area contributed by atoms with E-state index in [1.165, 1.54) is 50.0 Å². The number of aryl methyl sites for hydroxylation is 1. The normalized spacial score (nSPS) is 13.8. The Morgan fingerprint density at radius 2 is 1.39 bits per heavy atom. The van der Waals surface area contributed by atoms with Crippen LogP contribution in [-0.4, -0.2) is 49.3 Å². The van der Waals surface area contributed by atoms with Crippen LogP contribution in [0.1, 0.15) is 36.2 Å². The Kier molecular flexibility index (Phi) is 7.09. The molecule has 3 aromatic carbocycles. The molecule has 0 bridgehead atoms. The topological polar surface area (TPSA) is 72.4 Å².